The molecular weight excluding hydrogens is 256 g/mol. The number of nitrogens with zero attached hydrogens (tertiary/aromatic N) is 2. The van der Waals surface area contributed by atoms with Crippen LogP contribution in [0, 0.1) is 16.0 Å². The lowest BCUT2D eigenvalue weighted by atomic mass is 10.2. The van der Waals surface area contributed by atoms with Crippen LogP contribution in [0.2, 0.25) is 0 Å². The monoisotopic (exact) mass is 278 g/mol. The molecule has 1 aliphatic carbocycles. The summed E-state index contributed by atoms with van der Waals surface area (Å²) < 4.78 is 0. The molecule has 20 heavy (non-hydrogen) atoms. The highest BCUT2D eigenvalue weighted by molar-refractivity contribution is 5.55. The summed E-state index contributed by atoms with van der Waals surface area (Å²) in [6.45, 7) is 4.98. The standard InChI is InChI=1S/C14H22N4O2/c1-3-5-10-7-12(10)16-14-9-11(18(19)20)8-13(17-14)15-6-4-2/h8-10,12H,3-7H2,1-2H3,(H2,15,16,17). The Balaban J connectivity index is 2.07. The van der Waals surface area contributed by atoms with Crippen molar-refractivity contribution in [2.75, 3.05) is 17.2 Å². The van der Waals surface area contributed by atoms with E-state index < -0.39 is 0 Å². The second kappa shape index (κ2) is 6.54. The van der Waals surface area contributed by atoms with Gasteiger partial charge >= 0.3 is 0 Å². The molecule has 6 nitrogen and oxygen atoms in total. The number of nitrogens with one attached hydrogen (secondary N) is 2. The Labute approximate surface area is 119 Å². The van der Waals surface area contributed by atoms with Crippen LogP contribution in [0.5, 0.6) is 0 Å². The fourth-order valence-electron chi connectivity index (χ4n) is 2.34. The van der Waals surface area contributed by atoms with Crippen molar-refractivity contribution in [3.05, 3.63) is 22.2 Å². The van der Waals surface area contributed by atoms with E-state index >= 15 is 0 Å². The molecule has 1 aromatic rings. The van der Waals surface area contributed by atoms with E-state index in [1.165, 1.54) is 25.0 Å². The van der Waals surface area contributed by atoms with Crippen molar-refractivity contribution in [1.82, 2.24) is 4.98 Å². The lowest BCUT2D eigenvalue weighted by molar-refractivity contribution is -0.384. The van der Waals surface area contributed by atoms with Crippen LogP contribution in [0.3, 0.4) is 0 Å². The van der Waals surface area contributed by atoms with E-state index in [0.29, 0.717) is 23.6 Å². The third-order valence-corrected chi connectivity index (χ3v) is 3.49. The van der Waals surface area contributed by atoms with E-state index in [0.717, 1.165) is 19.4 Å². The summed E-state index contributed by atoms with van der Waals surface area (Å²) in [5.74, 6) is 1.85. The van der Waals surface area contributed by atoms with E-state index in [1.807, 2.05) is 6.92 Å². The van der Waals surface area contributed by atoms with Gasteiger partial charge in [0, 0.05) is 12.6 Å². The van der Waals surface area contributed by atoms with Crippen LogP contribution in [0.15, 0.2) is 12.1 Å². The number of nitro groups is 1. The molecule has 6 heteroatoms. The zero-order valence-electron chi connectivity index (χ0n) is 12.1. The quantitative estimate of drug-likeness (QED) is 0.562. The molecule has 1 aliphatic rings. The molecule has 1 aromatic heterocycles. The molecule has 2 N–H and O–H groups in total. The van der Waals surface area contributed by atoms with Crippen molar-refractivity contribution in [2.45, 2.75) is 45.6 Å². The number of hydrogen-bond acceptors (Lipinski definition) is 5. The molecule has 1 heterocycles. The minimum absolute atomic E-state index is 0.0776. The van der Waals surface area contributed by atoms with Crippen LogP contribution >= 0.6 is 0 Å². The summed E-state index contributed by atoms with van der Waals surface area (Å²) in [7, 11) is 0. The molecule has 110 valence electrons. The molecular formula is C14H22N4O2. The Morgan fingerprint density at radius 2 is 2.10 bits per heavy atom. The maximum absolute atomic E-state index is 11.0. The van der Waals surface area contributed by atoms with Crippen molar-refractivity contribution < 1.29 is 4.92 Å². The Hall–Kier alpha value is -1.85. The van der Waals surface area contributed by atoms with Crippen molar-refractivity contribution in [3.63, 3.8) is 0 Å². The first-order chi connectivity index (χ1) is 9.63. The maximum Gasteiger partial charge on any atom is 0.276 e. The van der Waals surface area contributed by atoms with Crippen molar-refractivity contribution in [1.29, 1.82) is 0 Å². The van der Waals surface area contributed by atoms with E-state index in [1.54, 1.807) is 0 Å². The van der Waals surface area contributed by atoms with Crippen molar-refractivity contribution in [2.24, 2.45) is 5.92 Å². The molecule has 0 spiro atoms. The smallest absolute Gasteiger partial charge is 0.276 e. The molecule has 0 bridgehead atoms. The molecule has 1 saturated carbocycles. The van der Waals surface area contributed by atoms with E-state index in [-0.39, 0.29) is 10.6 Å². The molecule has 2 atom stereocenters. The van der Waals surface area contributed by atoms with Gasteiger partial charge in [0.2, 0.25) is 0 Å². The maximum atomic E-state index is 11.0. The summed E-state index contributed by atoms with van der Waals surface area (Å²) in [4.78, 5) is 15.0. The van der Waals surface area contributed by atoms with Crippen LogP contribution < -0.4 is 10.6 Å². The summed E-state index contributed by atoms with van der Waals surface area (Å²) in [6, 6.07) is 3.42. The molecule has 0 radical (unpaired) electrons. The zero-order chi connectivity index (χ0) is 14.5. The predicted octanol–water partition coefficient (Wildman–Crippen LogP) is 3.41. The number of aromatic nitrogens is 1. The van der Waals surface area contributed by atoms with Crippen LogP contribution in [0.1, 0.15) is 39.5 Å². The van der Waals surface area contributed by atoms with Gasteiger partial charge in [-0.1, -0.05) is 20.3 Å². The summed E-state index contributed by atoms with van der Waals surface area (Å²) in [5, 5.41) is 17.4. The van der Waals surface area contributed by atoms with Gasteiger partial charge in [0.1, 0.15) is 11.6 Å². The Kier molecular flexibility index (Phi) is 4.76. The van der Waals surface area contributed by atoms with Gasteiger partial charge < -0.3 is 10.6 Å². The van der Waals surface area contributed by atoms with Crippen LogP contribution in [0.4, 0.5) is 17.3 Å². The van der Waals surface area contributed by atoms with Gasteiger partial charge in [-0.3, -0.25) is 10.1 Å². The molecule has 2 unspecified atom stereocenters. The second-order valence-electron chi connectivity index (χ2n) is 5.31. The molecule has 0 aliphatic heterocycles. The number of hydrogen-bond donors (Lipinski definition) is 2. The molecule has 0 aromatic carbocycles. The van der Waals surface area contributed by atoms with Crippen LogP contribution in [-0.2, 0) is 0 Å². The zero-order valence-corrected chi connectivity index (χ0v) is 12.1. The molecule has 1 fully saturated rings. The normalized spacial score (nSPS) is 20.5. The van der Waals surface area contributed by atoms with Gasteiger partial charge in [0.25, 0.3) is 5.69 Å². The highest BCUT2D eigenvalue weighted by atomic mass is 16.6. The van der Waals surface area contributed by atoms with E-state index in [9.17, 15) is 10.1 Å². The number of pyridine rings is 1. The van der Waals surface area contributed by atoms with Gasteiger partial charge in [0.15, 0.2) is 0 Å². The fraction of sp³-hybridized carbons (Fsp3) is 0.643. The summed E-state index contributed by atoms with van der Waals surface area (Å²) in [6.07, 6.45) is 4.46. The first-order valence-corrected chi connectivity index (χ1v) is 7.31. The van der Waals surface area contributed by atoms with Crippen LogP contribution in [0.25, 0.3) is 0 Å². The Morgan fingerprint density at radius 1 is 1.35 bits per heavy atom. The third kappa shape index (κ3) is 3.82. The highest BCUT2D eigenvalue weighted by Crippen LogP contribution is 2.37. The highest BCUT2D eigenvalue weighted by Gasteiger charge is 2.36. The molecule has 2 rings (SSSR count). The van der Waals surface area contributed by atoms with Gasteiger partial charge in [-0.05, 0) is 25.2 Å². The first-order valence-electron chi connectivity index (χ1n) is 7.31. The fourth-order valence-corrected chi connectivity index (χ4v) is 2.34. The van der Waals surface area contributed by atoms with Gasteiger partial charge in [-0.25, -0.2) is 4.98 Å². The largest absolute Gasteiger partial charge is 0.370 e. The SMILES string of the molecule is CCCNc1cc([N+](=O)[O-])cc(NC2CC2CCC)n1. The average molecular weight is 278 g/mol. The van der Waals surface area contributed by atoms with E-state index in [2.05, 4.69) is 22.5 Å². The average Bonchev–Trinajstić information content (AvgIpc) is 3.14. The lowest BCUT2D eigenvalue weighted by Gasteiger charge is -2.09. The van der Waals surface area contributed by atoms with E-state index in [4.69, 9.17) is 0 Å². The first kappa shape index (κ1) is 14.6. The Morgan fingerprint density at radius 3 is 2.75 bits per heavy atom. The summed E-state index contributed by atoms with van der Waals surface area (Å²) >= 11 is 0. The van der Waals surface area contributed by atoms with Gasteiger partial charge in [-0.2, -0.15) is 0 Å². The van der Waals surface area contributed by atoms with Crippen LogP contribution in [-0.4, -0.2) is 22.5 Å². The molecule has 0 amide bonds. The topological polar surface area (TPSA) is 80.1 Å². The van der Waals surface area contributed by atoms with Crippen molar-refractivity contribution in [3.8, 4) is 0 Å². The predicted molar refractivity (Wildman–Crippen MR) is 80.1 cm³/mol. The number of rotatable bonds is 8. The third-order valence-electron chi connectivity index (χ3n) is 3.49. The van der Waals surface area contributed by atoms with Gasteiger partial charge in [-0.15, -0.1) is 0 Å². The number of anilines is 2. The van der Waals surface area contributed by atoms with Crippen molar-refractivity contribution >= 4 is 17.3 Å². The lowest BCUT2D eigenvalue weighted by Crippen LogP contribution is -2.09. The minimum atomic E-state index is -0.375. The second-order valence-corrected chi connectivity index (χ2v) is 5.31. The summed E-state index contributed by atoms with van der Waals surface area (Å²) in [5.41, 5.74) is 0.0776. The minimum Gasteiger partial charge on any atom is -0.370 e. The molecule has 0 saturated heterocycles. The van der Waals surface area contributed by atoms with Gasteiger partial charge in [0.05, 0.1) is 17.1 Å². The Bertz CT molecular complexity index is 478.